The maximum Gasteiger partial charge on any atom is 0.326 e. The number of rotatable bonds is 6. The summed E-state index contributed by atoms with van der Waals surface area (Å²) in [5.41, 5.74) is -0.288. The third kappa shape index (κ3) is 8.46. The molecule has 5 heteroatoms. The third-order valence-electron chi connectivity index (χ3n) is 2.60. The van der Waals surface area contributed by atoms with Crippen LogP contribution >= 0.6 is 0 Å². The van der Waals surface area contributed by atoms with Crippen LogP contribution < -0.4 is 10.6 Å². The van der Waals surface area contributed by atoms with Crippen LogP contribution in [0.15, 0.2) is 0 Å². The fourth-order valence-corrected chi connectivity index (χ4v) is 2.42. The Morgan fingerprint density at radius 1 is 1.16 bits per heavy atom. The zero-order chi connectivity index (χ0) is 15.3. The molecule has 1 atom stereocenters. The first-order chi connectivity index (χ1) is 8.47. The lowest BCUT2D eigenvalue weighted by Gasteiger charge is -2.33. The number of hydrogen-bond acceptors (Lipinski definition) is 2. The highest BCUT2D eigenvalue weighted by Gasteiger charge is 2.28. The summed E-state index contributed by atoms with van der Waals surface area (Å²) < 4.78 is 0. The molecule has 2 amide bonds. The van der Waals surface area contributed by atoms with Crippen molar-refractivity contribution in [2.24, 2.45) is 5.41 Å². The van der Waals surface area contributed by atoms with E-state index in [0.29, 0.717) is 12.8 Å². The number of urea groups is 1. The van der Waals surface area contributed by atoms with Gasteiger partial charge in [0.1, 0.15) is 6.04 Å². The first-order valence-electron chi connectivity index (χ1n) is 6.78. The Labute approximate surface area is 116 Å². The van der Waals surface area contributed by atoms with Crippen molar-refractivity contribution >= 4 is 12.0 Å². The standard InChI is InChI=1S/C14H28N2O3/c1-7-8-10(11(17)18)15-12(19)16-14(5,6)9-13(2,3)4/h10H,7-9H2,1-6H3,(H,17,18)(H2,15,16,19)/t10-/m0/s1. The molecule has 0 aromatic carbocycles. The number of aliphatic carboxylic acids is 1. The van der Waals surface area contributed by atoms with Crippen LogP contribution in [0.3, 0.4) is 0 Å². The average molecular weight is 272 g/mol. The molecule has 0 saturated carbocycles. The van der Waals surface area contributed by atoms with Crippen LogP contribution in [0.2, 0.25) is 0 Å². The Kier molecular flexibility index (Phi) is 6.33. The first-order valence-corrected chi connectivity index (χ1v) is 6.78. The number of hydrogen-bond donors (Lipinski definition) is 3. The van der Waals surface area contributed by atoms with Crippen molar-refractivity contribution in [3.63, 3.8) is 0 Å². The molecule has 3 N–H and O–H groups in total. The number of carboxylic acids is 1. The Morgan fingerprint density at radius 2 is 1.68 bits per heavy atom. The molecule has 5 nitrogen and oxygen atoms in total. The number of nitrogens with one attached hydrogen (secondary N) is 2. The molecule has 0 bridgehead atoms. The van der Waals surface area contributed by atoms with Gasteiger partial charge < -0.3 is 15.7 Å². The monoisotopic (exact) mass is 272 g/mol. The van der Waals surface area contributed by atoms with E-state index >= 15 is 0 Å². The van der Waals surface area contributed by atoms with Crippen molar-refractivity contribution in [3.05, 3.63) is 0 Å². The first kappa shape index (κ1) is 17.7. The molecular weight excluding hydrogens is 244 g/mol. The molecule has 0 rings (SSSR count). The maximum atomic E-state index is 11.8. The van der Waals surface area contributed by atoms with Crippen LogP contribution in [0.25, 0.3) is 0 Å². The van der Waals surface area contributed by atoms with Gasteiger partial charge in [0, 0.05) is 5.54 Å². The Morgan fingerprint density at radius 3 is 2.05 bits per heavy atom. The highest BCUT2D eigenvalue weighted by molar-refractivity contribution is 5.82. The summed E-state index contributed by atoms with van der Waals surface area (Å²) in [6.45, 7) is 12.1. The smallest absolute Gasteiger partial charge is 0.326 e. The highest BCUT2D eigenvalue weighted by Crippen LogP contribution is 2.26. The van der Waals surface area contributed by atoms with E-state index in [4.69, 9.17) is 5.11 Å². The predicted molar refractivity (Wildman–Crippen MR) is 76.2 cm³/mol. The summed E-state index contributed by atoms with van der Waals surface area (Å²) in [6.07, 6.45) is 1.95. The minimum atomic E-state index is -0.995. The van der Waals surface area contributed by atoms with Gasteiger partial charge in [0.25, 0.3) is 0 Å². The average Bonchev–Trinajstić information content (AvgIpc) is 2.11. The second kappa shape index (κ2) is 6.78. The van der Waals surface area contributed by atoms with Gasteiger partial charge in [0.05, 0.1) is 0 Å². The van der Waals surface area contributed by atoms with Crippen molar-refractivity contribution in [3.8, 4) is 0 Å². The van der Waals surface area contributed by atoms with Gasteiger partial charge in [-0.3, -0.25) is 0 Å². The molecule has 0 heterocycles. The van der Waals surface area contributed by atoms with Gasteiger partial charge in [-0.2, -0.15) is 0 Å². The second-order valence-electron chi connectivity index (χ2n) is 6.90. The Bertz CT molecular complexity index is 319. The van der Waals surface area contributed by atoms with Gasteiger partial charge in [-0.15, -0.1) is 0 Å². The van der Waals surface area contributed by atoms with Gasteiger partial charge in [-0.25, -0.2) is 9.59 Å². The van der Waals surface area contributed by atoms with E-state index in [1.165, 1.54) is 0 Å². The van der Waals surface area contributed by atoms with Crippen LogP contribution in [0.1, 0.15) is 60.8 Å². The van der Waals surface area contributed by atoms with E-state index in [1.54, 1.807) is 0 Å². The predicted octanol–water partition coefficient (Wildman–Crippen LogP) is 2.75. The van der Waals surface area contributed by atoms with E-state index in [1.807, 2.05) is 20.8 Å². The molecular formula is C14H28N2O3. The van der Waals surface area contributed by atoms with Crippen molar-refractivity contribution in [2.45, 2.75) is 72.4 Å². The normalized spacial score (nSPS) is 13.8. The van der Waals surface area contributed by atoms with Crippen LogP contribution in [-0.2, 0) is 4.79 Å². The number of carbonyl (C=O) groups excluding carboxylic acids is 1. The van der Waals surface area contributed by atoms with E-state index in [0.717, 1.165) is 6.42 Å². The summed E-state index contributed by atoms with van der Waals surface area (Å²) in [6, 6.07) is -1.24. The fourth-order valence-electron chi connectivity index (χ4n) is 2.42. The van der Waals surface area contributed by atoms with E-state index in [2.05, 4.69) is 31.4 Å². The third-order valence-corrected chi connectivity index (χ3v) is 2.60. The van der Waals surface area contributed by atoms with Crippen molar-refractivity contribution in [1.82, 2.24) is 10.6 Å². The number of amides is 2. The van der Waals surface area contributed by atoms with Crippen LogP contribution in [-0.4, -0.2) is 28.7 Å². The quantitative estimate of drug-likeness (QED) is 0.695. The molecule has 0 aromatic rings. The van der Waals surface area contributed by atoms with Gasteiger partial charge in [-0.1, -0.05) is 34.1 Å². The molecule has 0 radical (unpaired) electrons. The van der Waals surface area contributed by atoms with Crippen LogP contribution in [0, 0.1) is 5.41 Å². The summed E-state index contributed by atoms with van der Waals surface area (Å²) in [5.74, 6) is -0.995. The lowest BCUT2D eigenvalue weighted by molar-refractivity contribution is -0.139. The van der Waals surface area contributed by atoms with Gasteiger partial charge in [-0.05, 0) is 32.1 Å². The number of carboxylic acid groups (broad SMARTS) is 1. The molecule has 0 fully saturated rings. The van der Waals surface area contributed by atoms with Crippen LogP contribution in [0.5, 0.6) is 0 Å². The second-order valence-corrected chi connectivity index (χ2v) is 6.90. The van der Waals surface area contributed by atoms with Gasteiger partial charge in [0.2, 0.25) is 0 Å². The molecule has 19 heavy (non-hydrogen) atoms. The minimum absolute atomic E-state index is 0.0897. The van der Waals surface area contributed by atoms with E-state index in [9.17, 15) is 9.59 Å². The molecule has 0 aliphatic rings. The van der Waals surface area contributed by atoms with Crippen molar-refractivity contribution in [2.75, 3.05) is 0 Å². The highest BCUT2D eigenvalue weighted by atomic mass is 16.4. The summed E-state index contributed by atoms with van der Waals surface area (Å²) in [4.78, 5) is 22.8. The molecule has 0 aliphatic heterocycles. The largest absolute Gasteiger partial charge is 0.480 e. The lowest BCUT2D eigenvalue weighted by Crippen LogP contribution is -2.53. The molecule has 0 spiro atoms. The lowest BCUT2D eigenvalue weighted by atomic mass is 9.82. The summed E-state index contributed by atoms with van der Waals surface area (Å²) >= 11 is 0. The van der Waals surface area contributed by atoms with Crippen molar-refractivity contribution in [1.29, 1.82) is 0 Å². The van der Waals surface area contributed by atoms with Gasteiger partial charge in [0.15, 0.2) is 0 Å². The molecule has 0 saturated heterocycles. The Balaban J connectivity index is 4.47. The SMILES string of the molecule is CCC[C@H](NC(=O)NC(C)(C)CC(C)(C)C)C(=O)O. The summed E-state index contributed by atoms with van der Waals surface area (Å²) in [5, 5.41) is 14.3. The molecule has 112 valence electrons. The fraction of sp³-hybridized carbons (Fsp3) is 0.857. The maximum absolute atomic E-state index is 11.8. The Hall–Kier alpha value is -1.26. The minimum Gasteiger partial charge on any atom is -0.480 e. The molecule has 0 aliphatic carbocycles. The van der Waals surface area contributed by atoms with E-state index in [-0.39, 0.29) is 11.0 Å². The van der Waals surface area contributed by atoms with E-state index < -0.39 is 18.0 Å². The van der Waals surface area contributed by atoms with Crippen LogP contribution in [0.4, 0.5) is 4.79 Å². The van der Waals surface area contributed by atoms with Gasteiger partial charge >= 0.3 is 12.0 Å². The molecule has 0 unspecified atom stereocenters. The zero-order valence-corrected chi connectivity index (χ0v) is 13.0. The van der Waals surface area contributed by atoms with Crippen molar-refractivity contribution < 1.29 is 14.7 Å². The number of carbonyl (C=O) groups is 2. The summed E-state index contributed by atoms with van der Waals surface area (Å²) in [7, 11) is 0. The zero-order valence-electron chi connectivity index (χ0n) is 13.0. The molecule has 0 aromatic heterocycles. The topological polar surface area (TPSA) is 78.4 Å².